The molecule has 0 spiro atoms. The van der Waals surface area contributed by atoms with Crippen molar-refractivity contribution in [3.8, 4) is 141 Å². The summed E-state index contributed by atoms with van der Waals surface area (Å²) in [4.78, 5) is 30.8. The van der Waals surface area contributed by atoms with Gasteiger partial charge in [0.2, 0.25) is 0 Å². The van der Waals surface area contributed by atoms with Gasteiger partial charge in [-0.1, -0.05) is 388 Å². The zero-order chi connectivity index (χ0) is 95.1. The molecule has 9 heterocycles. The topological polar surface area (TPSA) is 92.1 Å². The third-order valence-corrected chi connectivity index (χ3v) is 31.3. The maximum atomic E-state index is 5.25. The number of aromatic nitrogens is 9. The Hall–Kier alpha value is -18.3. The van der Waals surface area contributed by atoms with Gasteiger partial charge in [0.15, 0.2) is 17.5 Å². The first kappa shape index (κ1) is 84.9. The van der Waals surface area contributed by atoms with Crippen molar-refractivity contribution < 1.29 is 0 Å². The van der Waals surface area contributed by atoms with Crippen LogP contribution in [0.4, 0.5) is 0 Å². The van der Waals surface area contributed by atoms with E-state index in [1.807, 2.05) is 82.5 Å². The number of nitrogens with zero attached hydrogens (tertiary/aromatic N) is 9. The van der Waals surface area contributed by atoms with Crippen LogP contribution in [-0.4, -0.2) is 43.6 Å². The molecule has 0 atom stereocenters. The molecule has 20 aromatic carbocycles. The molecule has 0 N–H and O–H groups in total. The lowest BCUT2D eigenvalue weighted by Gasteiger charge is -2.14. The Morgan fingerprint density at radius 3 is 0.681 bits per heavy atom. The highest BCUT2D eigenvalue weighted by Gasteiger charge is 2.26. The minimum Gasteiger partial charge on any atom is -0.309 e. The molecule has 9 aromatic heterocycles. The average Bonchev–Trinajstić information content (AvgIpc) is 1.58. The van der Waals surface area contributed by atoms with E-state index in [4.69, 9.17) is 29.9 Å². The fraction of sp³-hybridized carbons (Fsp3) is 0. The third kappa shape index (κ3) is 15.3. The summed E-state index contributed by atoms with van der Waals surface area (Å²) in [6.07, 6.45) is 0. The van der Waals surface area contributed by atoms with Crippen molar-refractivity contribution in [2.45, 2.75) is 0 Å². The first-order valence-corrected chi connectivity index (χ1v) is 50.9. The molecule has 9 nitrogen and oxygen atoms in total. The van der Waals surface area contributed by atoms with Gasteiger partial charge >= 0.3 is 0 Å². The fourth-order valence-corrected chi connectivity index (χ4v) is 24.5. The third-order valence-electron chi connectivity index (χ3n) is 27.6. The second-order valence-corrected chi connectivity index (χ2v) is 39.4. The second kappa shape index (κ2) is 36.2. The normalized spacial score (nSPS) is 11.6. The van der Waals surface area contributed by atoms with Gasteiger partial charge in [-0.3, -0.25) is 0 Å². The molecule has 0 aliphatic rings. The summed E-state index contributed by atoms with van der Waals surface area (Å²) in [5.41, 5.74) is 30.2. The molecule has 0 bridgehead atoms. The maximum Gasteiger partial charge on any atom is 0.161 e. The predicted molar refractivity (Wildman–Crippen MR) is 608 cm³/mol. The zero-order valence-electron chi connectivity index (χ0n) is 77.7. The monoisotopic (exact) mass is 1890 g/mol. The molecular formula is C132H83N9S3. The summed E-state index contributed by atoms with van der Waals surface area (Å²) >= 11 is 5.54. The molecule has 0 saturated heterocycles. The van der Waals surface area contributed by atoms with Crippen LogP contribution in [0.2, 0.25) is 0 Å². The molecule has 674 valence electrons. The number of hydrogen-bond acceptors (Lipinski definition) is 9. The Balaban J connectivity index is 0.000000108. The summed E-state index contributed by atoms with van der Waals surface area (Å²) in [5.74, 6) is 2.15. The van der Waals surface area contributed by atoms with Crippen molar-refractivity contribution in [2.24, 2.45) is 0 Å². The number of para-hydroxylation sites is 6. The number of thiophene rings is 3. The number of rotatable bonds is 14. The van der Waals surface area contributed by atoms with Crippen molar-refractivity contribution in [2.75, 3.05) is 0 Å². The Bertz CT molecular complexity index is 9690. The lowest BCUT2D eigenvalue weighted by molar-refractivity contribution is 1.17. The lowest BCUT2D eigenvalue weighted by atomic mass is 9.98. The number of fused-ring (bicyclic) bond motifs is 18. The minimum atomic E-state index is 0.711. The van der Waals surface area contributed by atoms with Crippen molar-refractivity contribution in [3.05, 3.63) is 504 Å². The molecule has 0 amide bonds. The summed E-state index contributed by atoms with van der Waals surface area (Å²) in [7, 11) is 0. The van der Waals surface area contributed by atoms with Crippen LogP contribution < -0.4 is 0 Å². The van der Waals surface area contributed by atoms with Gasteiger partial charge in [0.25, 0.3) is 0 Å². The molecule has 12 heteroatoms. The van der Waals surface area contributed by atoms with Crippen LogP contribution in [0.3, 0.4) is 0 Å². The van der Waals surface area contributed by atoms with E-state index in [2.05, 4.69) is 469 Å². The van der Waals surface area contributed by atoms with Crippen LogP contribution in [0.25, 0.3) is 267 Å². The predicted octanol–water partition coefficient (Wildman–Crippen LogP) is 36.2. The van der Waals surface area contributed by atoms with Crippen molar-refractivity contribution in [3.63, 3.8) is 0 Å². The van der Waals surface area contributed by atoms with Gasteiger partial charge in [0, 0.05) is 171 Å². The van der Waals surface area contributed by atoms with Crippen LogP contribution in [0, 0.1) is 0 Å². The highest BCUT2D eigenvalue weighted by Crippen LogP contribution is 2.50. The van der Waals surface area contributed by atoms with E-state index in [9.17, 15) is 0 Å². The summed E-state index contributed by atoms with van der Waals surface area (Å²) < 4.78 is 14.8. The molecule has 29 aromatic rings. The Kier molecular flexibility index (Phi) is 21.3. The second-order valence-electron chi connectivity index (χ2n) is 36.3. The molecule has 0 unspecified atom stereocenters. The Labute approximate surface area is 841 Å². The van der Waals surface area contributed by atoms with Crippen LogP contribution in [0.5, 0.6) is 0 Å². The molecule has 0 radical (unpaired) electrons. The van der Waals surface area contributed by atoms with Gasteiger partial charge < -0.3 is 13.7 Å². The van der Waals surface area contributed by atoms with Crippen LogP contribution in [0.1, 0.15) is 0 Å². The largest absolute Gasteiger partial charge is 0.309 e. The van der Waals surface area contributed by atoms with E-state index in [1.165, 1.54) is 137 Å². The van der Waals surface area contributed by atoms with Crippen molar-refractivity contribution in [1.82, 2.24) is 43.6 Å². The molecular weight excluding hydrogens is 1810 g/mol. The molecule has 0 aliphatic carbocycles. The summed E-state index contributed by atoms with van der Waals surface area (Å²) in [6.45, 7) is 0. The van der Waals surface area contributed by atoms with Crippen LogP contribution in [0.15, 0.2) is 504 Å². The average molecular weight is 1890 g/mol. The molecule has 0 saturated carbocycles. The van der Waals surface area contributed by atoms with E-state index in [0.717, 1.165) is 118 Å². The van der Waals surface area contributed by atoms with Crippen molar-refractivity contribution >= 4 is 160 Å². The van der Waals surface area contributed by atoms with Crippen LogP contribution in [-0.2, 0) is 0 Å². The van der Waals surface area contributed by atoms with Gasteiger partial charge in [0.1, 0.15) is 0 Å². The maximum absolute atomic E-state index is 5.25. The van der Waals surface area contributed by atoms with E-state index < -0.39 is 0 Å². The zero-order valence-corrected chi connectivity index (χ0v) is 80.1. The summed E-state index contributed by atoms with van der Waals surface area (Å²) in [5, 5.41) is 15.1. The number of hydrogen-bond donors (Lipinski definition) is 0. The Morgan fingerprint density at radius 1 is 0.139 bits per heavy atom. The smallest absolute Gasteiger partial charge is 0.161 e. The highest BCUT2D eigenvalue weighted by molar-refractivity contribution is 7.27. The van der Waals surface area contributed by atoms with E-state index in [-0.39, 0.29) is 0 Å². The lowest BCUT2D eigenvalue weighted by Crippen LogP contribution is -1.98. The molecule has 0 aliphatic heterocycles. The van der Waals surface area contributed by atoms with Crippen LogP contribution >= 0.6 is 34.0 Å². The fourth-order valence-electron chi connectivity index (χ4n) is 20.9. The minimum absolute atomic E-state index is 0.711. The summed E-state index contributed by atoms with van der Waals surface area (Å²) in [6, 6.07) is 179. The van der Waals surface area contributed by atoms with Gasteiger partial charge in [0.05, 0.1) is 67.3 Å². The first-order chi connectivity index (χ1) is 71.4. The number of benzene rings is 20. The van der Waals surface area contributed by atoms with E-state index in [1.54, 1.807) is 0 Å². The van der Waals surface area contributed by atoms with E-state index in [0.29, 0.717) is 11.6 Å². The molecule has 0 fully saturated rings. The van der Waals surface area contributed by atoms with Gasteiger partial charge in [-0.25, -0.2) is 29.9 Å². The van der Waals surface area contributed by atoms with Gasteiger partial charge in [-0.2, -0.15) is 0 Å². The van der Waals surface area contributed by atoms with Crippen molar-refractivity contribution in [1.29, 1.82) is 0 Å². The highest BCUT2D eigenvalue weighted by atomic mass is 32.1. The SMILES string of the molecule is c1ccc(-c2cc(-c3cccc(-c4cc(-n5c6ccccc6c6ccccc65)cc5c4sc4ccccc45)c3)nc(-c3ccccc3)n2)cc1.c1ccc(-c2cc(-c3ccccc3)nc(-c3cc(-n4c5ccccc5c5ccccc54)cc4c3sc3ccccc34)n2)cc1.c1ccc(-c2cc(-c3ccccc3)nc(-c3ccc(-c4cc(-n5c6ccccc6c6ccccc65)cc5c4sc4ccccc45)cc3)n2)cc1. The molecule has 29 rings (SSSR count). The van der Waals surface area contributed by atoms with E-state index >= 15 is 0 Å². The molecule has 144 heavy (non-hydrogen) atoms. The Morgan fingerprint density at radius 2 is 0.361 bits per heavy atom. The van der Waals surface area contributed by atoms with Gasteiger partial charge in [-0.15, -0.1) is 34.0 Å². The standard InChI is InChI=1S/2C46H29N3S.C40H25N3S/c1-3-14-30(15-4-1)40-29-41(48-46(47-40)31-16-5-2-6-17-31)33-19-13-18-32(26-33)38-27-34(28-39-37-22-9-12-25-44(37)50-45(38)39)49-42-23-10-7-20-35(42)36-21-8-11-24-43(36)49;1-3-13-31(14-4-1)40-29-41(32-15-5-2-6-16-32)48-46(47-40)33-25-23-30(24-26-33)38-27-34(28-39-37-19-9-12-22-44(37)50-45(38)39)49-42-20-10-7-17-35(42)36-18-8-11-21-43(36)49;1-3-13-26(14-4-1)34-25-35(27-15-5-2-6-16-27)42-40(41-34)33-24-28(23-32-31-19-9-12-22-38(31)44-39(32)33)43-36-20-10-7-17-29(36)30-18-8-11-21-37(30)43/h2*1-29H;1-25H. The quantitative estimate of drug-likeness (QED) is 0.108. The van der Waals surface area contributed by atoms with Gasteiger partial charge in [-0.05, 0) is 126 Å². The first-order valence-electron chi connectivity index (χ1n) is 48.4.